The second-order valence-corrected chi connectivity index (χ2v) is 6.28. The second-order valence-electron chi connectivity index (χ2n) is 6.28. The number of ether oxygens (including phenoxy) is 1. The van der Waals surface area contributed by atoms with Crippen LogP contribution in [0, 0.1) is 0 Å². The predicted octanol–water partition coefficient (Wildman–Crippen LogP) is 1.31. The highest BCUT2D eigenvalue weighted by atomic mass is 16.5. The number of amides is 1. The van der Waals surface area contributed by atoms with E-state index < -0.39 is 11.5 Å². The Balaban J connectivity index is 1.60. The number of rotatable bonds is 4. The monoisotopic (exact) mass is 342 g/mol. The zero-order valence-corrected chi connectivity index (χ0v) is 14.4. The van der Waals surface area contributed by atoms with Gasteiger partial charge in [-0.3, -0.25) is 9.59 Å². The number of nitrogens with zero attached hydrogens (tertiary/aromatic N) is 2. The molecule has 3 rings (SSSR count). The van der Waals surface area contributed by atoms with E-state index in [1.807, 2.05) is 12.1 Å². The minimum absolute atomic E-state index is 0.100. The van der Waals surface area contributed by atoms with Gasteiger partial charge in [0.2, 0.25) is 0 Å². The van der Waals surface area contributed by atoms with Crippen molar-refractivity contribution >= 4 is 11.7 Å². The highest BCUT2D eigenvalue weighted by Gasteiger charge is 2.23. The van der Waals surface area contributed by atoms with Gasteiger partial charge < -0.3 is 19.9 Å². The molecule has 2 unspecified atom stereocenters. The van der Waals surface area contributed by atoms with Gasteiger partial charge in [-0.25, -0.2) is 4.98 Å². The fourth-order valence-corrected chi connectivity index (χ4v) is 2.95. The topological polar surface area (TPSA) is 87.3 Å². The third-order valence-corrected chi connectivity index (χ3v) is 4.07. The first-order valence-electron chi connectivity index (χ1n) is 8.34. The average molecular weight is 342 g/mol. The molecule has 2 aromatic heterocycles. The molecule has 2 aromatic rings. The molecule has 1 aliphatic rings. The summed E-state index contributed by atoms with van der Waals surface area (Å²) in [7, 11) is 0. The lowest BCUT2D eigenvalue weighted by atomic mass is 10.2. The number of aromatic amines is 1. The lowest BCUT2D eigenvalue weighted by Gasteiger charge is -2.36. The maximum absolute atomic E-state index is 12.1. The maximum Gasteiger partial charge on any atom is 0.260 e. The lowest BCUT2D eigenvalue weighted by molar-refractivity contribution is -0.00546. The number of anilines is 1. The van der Waals surface area contributed by atoms with E-state index in [1.165, 1.54) is 12.3 Å². The van der Waals surface area contributed by atoms with Crippen LogP contribution in [0.4, 0.5) is 5.82 Å². The summed E-state index contributed by atoms with van der Waals surface area (Å²) in [6.07, 6.45) is 3.59. The summed E-state index contributed by atoms with van der Waals surface area (Å²) in [5, 5.41) is 2.74. The van der Waals surface area contributed by atoms with Crippen LogP contribution in [0.3, 0.4) is 0 Å². The van der Waals surface area contributed by atoms with Crippen molar-refractivity contribution in [3.63, 3.8) is 0 Å². The van der Waals surface area contributed by atoms with E-state index in [4.69, 9.17) is 4.74 Å². The second kappa shape index (κ2) is 7.48. The van der Waals surface area contributed by atoms with Crippen LogP contribution in [0.5, 0.6) is 0 Å². The number of hydrogen-bond acceptors (Lipinski definition) is 5. The molecule has 0 bridgehead atoms. The first-order chi connectivity index (χ1) is 12.0. The lowest BCUT2D eigenvalue weighted by Crippen LogP contribution is -2.45. The number of carbonyl (C=O) groups excluding carboxylic acids is 1. The molecule has 1 amide bonds. The zero-order chi connectivity index (χ0) is 17.8. The highest BCUT2D eigenvalue weighted by molar-refractivity contribution is 5.93. The van der Waals surface area contributed by atoms with Crippen LogP contribution in [-0.2, 0) is 11.3 Å². The smallest absolute Gasteiger partial charge is 0.260 e. The summed E-state index contributed by atoms with van der Waals surface area (Å²) in [5.74, 6) is 0.498. The van der Waals surface area contributed by atoms with Crippen molar-refractivity contribution < 1.29 is 9.53 Å². The van der Waals surface area contributed by atoms with Crippen LogP contribution in [-0.4, -0.2) is 41.2 Å². The van der Waals surface area contributed by atoms with Crippen molar-refractivity contribution in [1.82, 2.24) is 15.3 Å². The Morgan fingerprint density at radius 1 is 1.32 bits per heavy atom. The summed E-state index contributed by atoms with van der Waals surface area (Å²) in [6.45, 7) is 6.04. The average Bonchev–Trinajstić information content (AvgIpc) is 2.60. The quantitative estimate of drug-likeness (QED) is 0.875. The van der Waals surface area contributed by atoms with Gasteiger partial charge in [0.25, 0.3) is 11.5 Å². The molecule has 0 saturated carbocycles. The Morgan fingerprint density at radius 3 is 2.72 bits per heavy atom. The Labute approximate surface area is 146 Å². The third-order valence-electron chi connectivity index (χ3n) is 4.07. The highest BCUT2D eigenvalue weighted by Crippen LogP contribution is 2.18. The number of hydrogen-bond donors (Lipinski definition) is 2. The molecule has 1 saturated heterocycles. The summed E-state index contributed by atoms with van der Waals surface area (Å²) < 4.78 is 5.73. The van der Waals surface area contributed by atoms with Crippen LogP contribution in [0.25, 0.3) is 0 Å². The van der Waals surface area contributed by atoms with Gasteiger partial charge in [-0.15, -0.1) is 0 Å². The molecular weight excluding hydrogens is 320 g/mol. The SMILES string of the molecule is CC1CN(c2ccc(CNC(=O)c3ccc[nH]c3=O)cn2)CC(C)O1. The zero-order valence-electron chi connectivity index (χ0n) is 14.4. The Kier molecular flexibility index (Phi) is 5.14. The van der Waals surface area contributed by atoms with Gasteiger partial charge in [-0.1, -0.05) is 6.07 Å². The number of H-pyrrole nitrogens is 1. The van der Waals surface area contributed by atoms with E-state index >= 15 is 0 Å². The van der Waals surface area contributed by atoms with Gasteiger partial charge >= 0.3 is 0 Å². The Hall–Kier alpha value is -2.67. The summed E-state index contributed by atoms with van der Waals surface area (Å²) in [5.41, 5.74) is 0.575. The van der Waals surface area contributed by atoms with Gasteiger partial charge in [0, 0.05) is 32.0 Å². The fraction of sp³-hybridized carbons (Fsp3) is 0.389. The molecule has 1 fully saturated rings. The van der Waals surface area contributed by atoms with Crippen molar-refractivity contribution in [2.24, 2.45) is 0 Å². The first-order valence-corrected chi connectivity index (χ1v) is 8.34. The van der Waals surface area contributed by atoms with Gasteiger partial charge in [-0.2, -0.15) is 0 Å². The molecule has 3 heterocycles. The molecule has 0 radical (unpaired) electrons. The van der Waals surface area contributed by atoms with E-state index in [0.29, 0.717) is 6.54 Å². The van der Waals surface area contributed by atoms with E-state index in [1.54, 1.807) is 12.3 Å². The van der Waals surface area contributed by atoms with E-state index in [2.05, 4.69) is 34.0 Å². The molecule has 0 aromatic carbocycles. The molecule has 2 atom stereocenters. The number of pyridine rings is 2. The van der Waals surface area contributed by atoms with Gasteiger partial charge in [0.05, 0.1) is 12.2 Å². The van der Waals surface area contributed by atoms with E-state index in [9.17, 15) is 9.59 Å². The number of aromatic nitrogens is 2. The predicted molar refractivity (Wildman–Crippen MR) is 94.7 cm³/mol. The molecule has 132 valence electrons. The van der Waals surface area contributed by atoms with Crippen LogP contribution in [0.1, 0.15) is 29.8 Å². The molecule has 2 N–H and O–H groups in total. The summed E-state index contributed by atoms with van der Waals surface area (Å²) in [6, 6.07) is 7.00. The molecule has 0 aliphatic carbocycles. The van der Waals surface area contributed by atoms with Crippen molar-refractivity contribution in [3.8, 4) is 0 Å². The minimum Gasteiger partial charge on any atom is -0.372 e. The van der Waals surface area contributed by atoms with Crippen molar-refractivity contribution in [2.75, 3.05) is 18.0 Å². The minimum atomic E-state index is -0.401. The summed E-state index contributed by atoms with van der Waals surface area (Å²) >= 11 is 0. The molecule has 7 heteroatoms. The van der Waals surface area contributed by atoms with Gasteiger partial charge in [0.1, 0.15) is 11.4 Å². The number of carbonyl (C=O) groups is 1. The Bertz CT molecular complexity index is 777. The molecule has 7 nitrogen and oxygen atoms in total. The fourth-order valence-electron chi connectivity index (χ4n) is 2.95. The van der Waals surface area contributed by atoms with E-state index in [0.717, 1.165) is 24.5 Å². The molecule has 25 heavy (non-hydrogen) atoms. The van der Waals surface area contributed by atoms with Gasteiger partial charge in [0.15, 0.2) is 0 Å². The Morgan fingerprint density at radius 2 is 2.08 bits per heavy atom. The van der Waals surface area contributed by atoms with Crippen LogP contribution >= 0.6 is 0 Å². The normalized spacial score (nSPS) is 20.3. The van der Waals surface area contributed by atoms with Crippen molar-refractivity contribution in [3.05, 3.63) is 58.1 Å². The number of nitrogens with one attached hydrogen (secondary N) is 2. The first kappa shape index (κ1) is 17.2. The molecular formula is C18H22N4O3. The van der Waals surface area contributed by atoms with Crippen LogP contribution < -0.4 is 15.8 Å². The molecule has 1 aliphatic heterocycles. The standard InChI is InChI=1S/C18H22N4O3/c1-12-10-22(11-13(2)25-12)16-6-5-14(8-20-16)9-21-18(24)15-4-3-7-19-17(15)23/h3-8,12-13H,9-11H2,1-2H3,(H,19,23)(H,21,24). The number of morpholine rings is 1. The van der Waals surface area contributed by atoms with Crippen molar-refractivity contribution in [2.45, 2.75) is 32.6 Å². The van der Waals surface area contributed by atoms with Gasteiger partial charge in [-0.05, 0) is 37.6 Å². The van der Waals surface area contributed by atoms with E-state index in [-0.39, 0.29) is 17.8 Å². The van der Waals surface area contributed by atoms with Crippen molar-refractivity contribution in [1.29, 1.82) is 0 Å². The maximum atomic E-state index is 12.1. The summed E-state index contributed by atoms with van der Waals surface area (Å²) in [4.78, 5) is 32.8. The van der Waals surface area contributed by atoms with Crippen LogP contribution in [0.2, 0.25) is 0 Å². The largest absolute Gasteiger partial charge is 0.372 e. The third kappa shape index (κ3) is 4.24. The van der Waals surface area contributed by atoms with Crippen LogP contribution in [0.15, 0.2) is 41.5 Å². The molecule has 0 spiro atoms.